The van der Waals surface area contributed by atoms with E-state index in [-0.39, 0.29) is 60.6 Å². The average molecular weight is 561 g/mol. The van der Waals surface area contributed by atoms with Crippen LogP contribution < -0.4 is 14.2 Å². The summed E-state index contributed by atoms with van der Waals surface area (Å²) < 4.78 is 74.8. The quantitative estimate of drug-likeness (QED) is 0.299. The number of aliphatic hydroxyl groups is 1. The van der Waals surface area contributed by atoms with Crippen LogP contribution in [0.2, 0.25) is 0 Å². The number of ether oxygens (including phenoxy) is 3. The third-order valence-corrected chi connectivity index (χ3v) is 7.01. The van der Waals surface area contributed by atoms with Gasteiger partial charge < -0.3 is 24.4 Å². The standard InChI is InChI=1S/C30H28F4O6/c1-29(2,37)15-39-18-5-3-16(4-6-18)27-21-9-10-24(28(21)23(31)13-22(27)30(32,33)34)40-19-7-8-20-17(11-26(35)36)14-38-25(20)12-19/h3-8,12-13,17,24,37H,9-11,14-15H2,1-2H3,(H,35,36)/t17-,24-/m1/s1. The third-order valence-electron chi connectivity index (χ3n) is 7.01. The summed E-state index contributed by atoms with van der Waals surface area (Å²) in [5.41, 5.74) is -0.935. The van der Waals surface area contributed by atoms with Crippen LogP contribution in [0.25, 0.3) is 11.1 Å². The minimum atomic E-state index is -4.79. The Morgan fingerprint density at radius 3 is 2.42 bits per heavy atom. The summed E-state index contributed by atoms with van der Waals surface area (Å²) in [7, 11) is 0. The largest absolute Gasteiger partial charge is 0.492 e. The Kier molecular flexibility index (Phi) is 7.16. The van der Waals surface area contributed by atoms with Crippen LogP contribution in [0.3, 0.4) is 0 Å². The van der Waals surface area contributed by atoms with E-state index >= 15 is 4.39 Å². The lowest BCUT2D eigenvalue weighted by Crippen LogP contribution is -2.27. The summed E-state index contributed by atoms with van der Waals surface area (Å²) in [4.78, 5) is 11.1. The molecular weight excluding hydrogens is 532 g/mol. The maximum atomic E-state index is 15.3. The number of benzene rings is 3. The molecule has 10 heteroatoms. The highest BCUT2D eigenvalue weighted by molar-refractivity contribution is 5.75. The Labute approximate surface area is 228 Å². The van der Waals surface area contributed by atoms with Gasteiger partial charge in [0.05, 0.1) is 24.2 Å². The van der Waals surface area contributed by atoms with Crippen LogP contribution in [0.4, 0.5) is 17.6 Å². The Balaban J connectivity index is 1.46. The van der Waals surface area contributed by atoms with E-state index in [2.05, 4.69) is 0 Å². The molecule has 0 amide bonds. The number of carboxylic acids is 1. The molecular formula is C30H28F4O6. The number of carbonyl (C=O) groups is 1. The molecule has 2 N–H and O–H groups in total. The zero-order chi connectivity index (χ0) is 28.8. The summed E-state index contributed by atoms with van der Waals surface area (Å²) in [6.45, 7) is 3.36. The van der Waals surface area contributed by atoms with Crippen LogP contribution in [-0.4, -0.2) is 35.0 Å². The molecule has 2 atom stereocenters. The number of hydrogen-bond acceptors (Lipinski definition) is 5. The van der Waals surface area contributed by atoms with Gasteiger partial charge in [0.25, 0.3) is 0 Å². The molecule has 0 saturated heterocycles. The molecule has 0 fully saturated rings. The van der Waals surface area contributed by atoms with E-state index in [9.17, 15) is 23.1 Å². The SMILES string of the molecule is CC(C)(O)COc1ccc(-c2c(C(F)(F)F)cc(F)c3c2CC[C@H]3Oc2ccc3c(c2)OC[C@H]3CC(=O)O)cc1. The molecule has 1 aliphatic carbocycles. The second kappa shape index (κ2) is 10.3. The topological polar surface area (TPSA) is 85.2 Å². The Hall–Kier alpha value is -3.79. The van der Waals surface area contributed by atoms with Crippen LogP contribution in [0.1, 0.15) is 61.0 Å². The third kappa shape index (κ3) is 5.72. The molecule has 3 aromatic rings. The molecule has 6 nitrogen and oxygen atoms in total. The molecule has 5 rings (SSSR count). The predicted octanol–water partition coefficient (Wildman–Crippen LogP) is 6.68. The molecule has 2 aliphatic rings. The molecule has 0 aromatic heterocycles. The lowest BCUT2D eigenvalue weighted by Gasteiger charge is -2.21. The van der Waals surface area contributed by atoms with E-state index in [0.717, 1.165) is 5.56 Å². The molecule has 212 valence electrons. The highest BCUT2D eigenvalue weighted by Gasteiger charge is 2.40. The van der Waals surface area contributed by atoms with Gasteiger partial charge in [-0.05, 0) is 67.6 Å². The van der Waals surface area contributed by atoms with Gasteiger partial charge in [0.2, 0.25) is 0 Å². The van der Waals surface area contributed by atoms with Crippen molar-refractivity contribution >= 4 is 5.97 Å². The summed E-state index contributed by atoms with van der Waals surface area (Å²) >= 11 is 0. The molecule has 0 unspecified atom stereocenters. The van der Waals surface area contributed by atoms with Crippen molar-refractivity contribution in [3.05, 3.63) is 76.6 Å². The van der Waals surface area contributed by atoms with Crippen molar-refractivity contribution in [2.24, 2.45) is 0 Å². The van der Waals surface area contributed by atoms with E-state index in [1.807, 2.05) is 0 Å². The number of halogens is 4. The number of aliphatic carboxylic acids is 1. The van der Waals surface area contributed by atoms with Gasteiger partial charge in [-0.1, -0.05) is 18.2 Å². The first-order valence-electron chi connectivity index (χ1n) is 12.8. The number of fused-ring (bicyclic) bond motifs is 2. The summed E-state index contributed by atoms with van der Waals surface area (Å²) in [5.74, 6) is -1.02. The molecule has 40 heavy (non-hydrogen) atoms. The van der Waals surface area contributed by atoms with Crippen molar-refractivity contribution in [2.75, 3.05) is 13.2 Å². The first-order chi connectivity index (χ1) is 18.8. The average Bonchev–Trinajstić information content (AvgIpc) is 3.46. The van der Waals surface area contributed by atoms with E-state index < -0.39 is 35.2 Å². The van der Waals surface area contributed by atoms with Crippen molar-refractivity contribution in [2.45, 2.75) is 56.9 Å². The molecule has 1 aliphatic heterocycles. The Morgan fingerprint density at radius 2 is 1.77 bits per heavy atom. The fourth-order valence-corrected chi connectivity index (χ4v) is 5.27. The number of rotatable bonds is 8. The molecule has 0 radical (unpaired) electrons. The van der Waals surface area contributed by atoms with Gasteiger partial charge in [-0.2, -0.15) is 13.2 Å². The van der Waals surface area contributed by atoms with Crippen molar-refractivity contribution in [1.29, 1.82) is 0 Å². The van der Waals surface area contributed by atoms with Crippen molar-refractivity contribution in [1.82, 2.24) is 0 Å². The van der Waals surface area contributed by atoms with Gasteiger partial charge >= 0.3 is 12.1 Å². The van der Waals surface area contributed by atoms with Gasteiger partial charge in [0, 0.05) is 23.1 Å². The van der Waals surface area contributed by atoms with Crippen molar-refractivity contribution in [3.8, 4) is 28.4 Å². The Bertz CT molecular complexity index is 1430. The van der Waals surface area contributed by atoms with Crippen LogP contribution in [-0.2, 0) is 17.4 Å². The van der Waals surface area contributed by atoms with Crippen LogP contribution in [0.5, 0.6) is 17.2 Å². The maximum Gasteiger partial charge on any atom is 0.417 e. The summed E-state index contributed by atoms with van der Waals surface area (Å²) in [6.07, 6.45) is -5.24. The van der Waals surface area contributed by atoms with E-state index in [1.54, 1.807) is 32.0 Å². The van der Waals surface area contributed by atoms with E-state index in [4.69, 9.17) is 19.3 Å². The van der Waals surface area contributed by atoms with Gasteiger partial charge in [-0.25, -0.2) is 4.39 Å². The molecule has 0 saturated carbocycles. The highest BCUT2D eigenvalue weighted by atomic mass is 19.4. The lowest BCUT2D eigenvalue weighted by atomic mass is 9.91. The Morgan fingerprint density at radius 1 is 1.07 bits per heavy atom. The highest BCUT2D eigenvalue weighted by Crippen LogP contribution is 2.48. The molecule has 1 heterocycles. The predicted molar refractivity (Wildman–Crippen MR) is 137 cm³/mol. The minimum Gasteiger partial charge on any atom is -0.492 e. The molecule has 3 aromatic carbocycles. The summed E-state index contributed by atoms with van der Waals surface area (Å²) in [6, 6.07) is 11.5. The van der Waals surface area contributed by atoms with E-state index in [0.29, 0.717) is 23.3 Å². The van der Waals surface area contributed by atoms with Crippen molar-refractivity contribution in [3.63, 3.8) is 0 Å². The second-order valence-electron chi connectivity index (χ2n) is 10.7. The first kappa shape index (κ1) is 27.8. The van der Waals surface area contributed by atoms with Crippen LogP contribution >= 0.6 is 0 Å². The zero-order valence-corrected chi connectivity index (χ0v) is 21.8. The number of hydrogen-bond donors (Lipinski definition) is 2. The molecule has 0 bridgehead atoms. The minimum absolute atomic E-state index is 0.000931. The van der Waals surface area contributed by atoms with Crippen molar-refractivity contribution < 1.29 is 46.8 Å². The zero-order valence-electron chi connectivity index (χ0n) is 21.8. The lowest BCUT2D eigenvalue weighted by molar-refractivity contribution is -0.138. The smallest absolute Gasteiger partial charge is 0.417 e. The first-order valence-corrected chi connectivity index (χ1v) is 12.8. The van der Waals surface area contributed by atoms with Crippen LogP contribution in [0, 0.1) is 5.82 Å². The van der Waals surface area contributed by atoms with Gasteiger partial charge in [-0.15, -0.1) is 0 Å². The number of carboxylic acid groups (broad SMARTS) is 1. The fraction of sp³-hybridized carbons (Fsp3) is 0.367. The van der Waals surface area contributed by atoms with Gasteiger partial charge in [-0.3, -0.25) is 4.79 Å². The van der Waals surface area contributed by atoms with Gasteiger partial charge in [0.15, 0.2) is 0 Å². The normalized spacial score (nSPS) is 18.2. The van der Waals surface area contributed by atoms with E-state index in [1.165, 1.54) is 24.3 Å². The molecule has 0 spiro atoms. The second-order valence-corrected chi connectivity index (χ2v) is 10.7. The maximum absolute atomic E-state index is 15.3. The fourth-order valence-electron chi connectivity index (χ4n) is 5.27. The summed E-state index contributed by atoms with van der Waals surface area (Å²) in [5, 5.41) is 19.0. The number of alkyl halides is 3. The monoisotopic (exact) mass is 560 g/mol. The van der Waals surface area contributed by atoms with Crippen LogP contribution in [0.15, 0.2) is 48.5 Å². The van der Waals surface area contributed by atoms with Gasteiger partial charge in [0.1, 0.15) is 35.8 Å².